The third-order valence-corrected chi connectivity index (χ3v) is 3.14. The topological polar surface area (TPSA) is 39.2 Å². The van der Waals surface area contributed by atoms with Gasteiger partial charge < -0.3 is 10.2 Å². The molecule has 1 unspecified atom stereocenters. The number of nitrogens with two attached hydrogens (primary N) is 1. The molecule has 0 saturated heterocycles. The molecule has 3 heteroatoms. The highest BCUT2D eigenvalue weighted by Crippen LogP contribution is 2.26. The molecule has 0 aliphatic heterocycles. The summed E-state index contributed by atoms with van der Waals surface area (Å²) >= 11 is 5.93. The van der Waals surface area contributed by atoms with Gasteiger partial charge in [0.05, 0.1) is 6.04 Å². The van der Waals surface area contributed by atoms with Gasteiger partial charge in [-0.3, -0.25) is 0 Å². The Labute approximate surface area is 106 Å². The molecular weight excluding hydrogens is 234 g/mol. The minimum Gasteiger partial charge on any atom is -0.464 e. The van der Waals surface area contributed by atoms with E-state index in [0.717, 1.165) is 34.1 Å². The zero-order chi connectivity index (χ0) is 12.4. The molecule has 2 rings (SSSR count). The highest BCUT2D eigenvalue weighted by molar-refractivity contribution is 6.30. The summed E-state index contributed by atoms with van der Waals surface area (Å²) in [6, 6.07) is 9.41. The summed E-state index contributed by atoms with van der Waals surface area (Å²) in [6.45, 7) is 4.06. The van der Waals surface area contributed by atoms with Crippen molar-refractivity contribution in [1.82, 2.24) is 0 Å². The fraction of sp³-hybridized carbons (Fsp3) is 0.286. The number of hydrogen-bond donors (Lipinski definition) is 1. The zero-order valence-electron chi connectivity index (χ0n) is 10.0. The molecule has 0 aliphatic carbocycles. The van der Waals surface area contributed by atoms with Gasteiger partial charge in [-0.15, -0.1) is 0 Å². The van der Waals surface area contributed by atoms with Crippen LogP contribution < -0.4 is 5.73 Å². The van der Waals surface area contributed by atoms with Crippen LogP contribution in [0.1, 0.15) is 35.6 Å². The van der Waals surface area contributed by atoms with Gasteiger partial charge in [0.25, 0.3) is 0 Å². The first kappa shape index (κ1) is 12.2. The van der Waals surface area contributed by atoms with Gasteiger partial charge >= 0.3 is 0 Å². The van der Waals surface area contributed by atoms with Crippen molar-refractivity contribution in [2.75, 3.05) is 0 Å². The maximum Gasteiger partial charge on any atom is 0.125 e. The summed E-state index contributed by atoms with van der Waals surface area (Å²) < 4.78 is 5.68. The molecule has 0 spiro atoms. The molecule has 2 N–H and O–H groups in total. The van der Waals surface area contributed by atoms with Crippen LogP contribution >= 0.6 is 11.6 Å². The predicted octanol–water partition coefficient (Wildman–Crippen LogP) is 3.85. The van der Waals surface area contributed by atoms with Crippen LogP contribution in [0.4, 0.5) is 0 Å². The fourth-order valence-corrected chi connectivity index (χ4v) is 2.12. The number of hydrogen-bond acceptors (Lipinski definition) is 2. The summed E-state index contributed by atoms with van der Waals surface area (Å²) in [6.07, 6.45) is 0.881. The fourth-order valence-electron chi connectivity index (χ4n) is 1.89. The van der Waals surface area contributed by atoms with E-state index in [0.29, 0.717) is 0 Å². The minimum absolute atomic E-state index is 0.229. The van der Waals surface area contributed by atoms with E-state index in [-0.39, 0.29) is 6.04 Å². The van der Waals surface area contributed by atoms with Gasteiger partial charge in [0.2, 0.25) is 0 Å². The standard InChI is InChI=1S/C14H16ClNO/c1-3-11-5-7-13(17-11)14(16)12-6-4-10(15)8-9(12)2/h4-8,14H,3,16H2,1-2H3. The average Bonchev–Trinajstić information content (AvgIpc) is 2.76. The predicted molar refractivity (Wildman–Crippen MR) is 70.3 cm³/mol. The molecular formula is C14H16ClNO. The highest BCUT2D eigenvalue weighted by Gasteiger charge is 2.15. The number of furan rings is 1. The Kier molecular flexibility index (Phi) is 3.55. The maximum absolute atomic E-state index is 6.20. The summed E-state index contributed by atoms with van der Waals surface area (Å²) in [4.78, 5) is 0. The van der Waals surface area contributed by atoms with Crippen molar-refractivity contribution in [2.45, 2.75) is 26.3 Å². The van der Waals surface area contributed by atoms with E-state index in [1.165, 1.54) is 0 Å². The Morgan fingerprint density at radius 3 is 2.65 bits per heavy atom. The van der Waals surface area contributed by atoms with Crippen LogP contribution in [0.5, 0.6) is 0 Å². The molecule has 1 atom stereocenters. The number of benzene rings is 1. The second-order valence-corrected chi connectivity index (χ2v) is 4.57. The van der Waals surface area contributed by atoms with Crippen LogP contribution in [0, 0.1) is 6.92 Å². The van der Waals surface area contributed by atoms with Crippen LogP contribution in [0.2, 0.25) is 5.02 Å². The van der Waals surface area contributed by atoms with Crippen LogP contribution in [0.15, 0.2) is 34.7 Å². The first-order chi connectivity index (χ1) is 8.11. The van der Waals surface area contributed by atoms with E-state index in [1.54, 1.807) is 0 Å². The molecule has 90 valence electrons. The van der Waals surface area contributed by atoms with E-state index < -0.39 is 0 Å². The SMILES string of the molecule is CCc1ccc(C(N)c2ccc(Cl)cc2C)o1. The summed E-state index contributed by atoms with van der Waals surface area (Å²) in [5.74, 6) is 1.76. The Balaban J connectivity index is 2.33. The third kappa shape index (κ3) is 2.54. The quantitative estimate of drug-likeness (QED) is 0.897. The molecule has 2 aromatic rings. The molecule has 1 heterocycles. The van der Waals surface area contributed by atoms with Crippen molar-refractivity contribution in [3.63, 3.8) is 0 Å². The molecule has 1 aromatic heterocycles. The summed E-state index contributed by atoms with van der Waals surface area (Å²) in [5, 5.41) is 0.729. The van der Waals surface area contributed by atoms with Crippen molar-refractivity contribution in [1.29, 1.82) is 0 Å². The number of rotatable bonds is 3. The van der Waals surface area contributed by atoms with Crippen LogP contribution in [0.25, 0.3) is 0 Å². The van der Waals surface area contributed by atoms with E-state index in [9.17, 15) is 0 Å². The molecule has 0 amide bonds. The van der Waals surface area contributed by atoms with Crippen molar-refractivity contribution < 1.29 is 4.42 Å². The first-order valence-corrected chi connectivity index (χ1v) is 6.10. The van der Waals surface area contributed by atoms with Gasteiger partial charge in [-0.05, 0) is 42.3 Å². The number of halogens is 1. The second-order valence-electron chi connectivity index (χ2n) is 4.14. The van der Waals surface area contributed by atoms with Gasteiger partial charge in [0.15, 0.2) is 0 Å². The first-order valence-electron chi connectivity index (χ1n) is 5.72. The lowest BCUT2D eigenvalue weighted by molar-refractivity contribution is 0.453. The molecule has 0 fully saturated rings. The second kappa shape index (κ2) is 4.94. The van der Waals surface area contributed by atoms with E-state index in [1.807, 2.05) is 37.3 Å². The largest absolute Gasteiger partial charge is 0.464 e. The zero-order valence-corrected chi connectivity index (χ0v) is 10.8. The van der Waals surface area contributed by atoms with Crippen LogP contribution in [0.3, 0.4) is 0 Å². The van der Waals surface area contributed by atoms with Crippen molar-refractivity contribution in [3.8, 4) is 0 Å². The van der Waals surface area contributed by atoms with E-state index in [2.05, 4.69) is 6.92 Å². The average molecular weight is 250 g/mol. The molecule has 1 aromatic carbocycles. The van der Waals surface area contributed by atoms with E-state index in [4.69, 9.17) is 21.8 Å². The Morgan fingerprint density at radius 2 is 2.06 bits per heavy atom. The van der Waals surface area contributed by atoms with Crippen LogP contribution in [-0.2, 0) is 6.42 Å². The highest BCUT2D eigenvalue weighted by atomic mass is 35.5. The lowest BCUT2D eigenvalue weighted by Crippen LogP contribution is -2.12. The van der Waals surface area contributed by atoms with Gasteiger partial charge in [-0.2, -0.15) is 0 Å². The molecule has 0 radical (unpaired) electrons. The van der Waals surface area contributed by atoms with Crippen molar-refractivity contribution >= 4 is 11.6 Å². The molecule has 0 saturated carbocycles. The Morgan fingerprint density at radius 1 is 1.29 bits per heavy atom. The molecule has 2 nitrogen and oxygen atoms in total. The van der Waals surface area contributed by atoms with Gasteiger partial charge in [-0.25, -0.2) is 0 Å². The lowest BCUT2D eigenvalue weighted by atomic mass is 10.0. The molecule has 17 heavy (non-hydrogen) atoms. The minimum atomic E-state index is -0.229. The van der Waals surface area contributed by atoms with Crippen LogP contribution in [-0.4, -0.2) is 0 Å². The number of aryl methyl sites for hydroxylation is 2. The molecule has 0 aliphatic rings. The monoisotopic (exact) mass is 249 g/mol. The normalized spacial score (nSPS) is 12.7. The third-order valence-electron chi connectivity index (χ3n) is 2.90. The smallest absolute Gasteiger partial charge is 0.125 e. The van der Waals surface area contributed by atoms with Gasteiger partial charge in [-0.1, -0.05) is 24.6 Å². The summed E-state index contributed by atoms with van der Waals surface area (Å²) in [5.41, 5.74) is 8.33. The van der Waals surface area contributed by atoms with Gasteiger partial charge in [0.1, 0.15) is 11.5 Å². The Bertz CT molecular complexity index is 519. The van der Waals surface area contributed by atoms with Crippen molar-refractivity contribution in [2.24, 2.45) is 5.73 Å². The van der Waals surface area contributed by atoms with E-state index >= 15 is 0 Å². The van der Waals surface area contributed by atoms with Crippen molar-refractivity contribution in [3.05, 3.63) is 58.0 Å². The molecule has 0 bridgehead atoms. The van der Waals surface area contributed by atoms with Gasteiger partial charge in [0, 0.05) is 11.4 Å². The summed E-state index contributed by atoms with van der Waals surface area (Å²) in [7, 11) is 0. The maximum atomic E-state index is 6.20. The lowest BCUT2D eigenvalue weighted by Gasteiger charge is -2.12. The Hall–Kier alpha value is -1.25.